The van der Waals surface area contributed by atoms with Crippen LogP contribution in [0.3, 0.4) is 0 Å². The van der Waals surface area contributed by atoms with Gasteiger partial charge in [0.05, 0.1) is 0 Å². The van der Waals surface area contributed by atoms with Gasteiger partial charge >= 0.3 is 0 Å². The van der Waals surface area contributed by atoms with Gasteiger partial charge in [0.15, 0.2) is 11.5 Å². The van der Waals surface area contributed by atoms with Crippen LogP contribution in [-0.4, -0.2) is 32.7 Å². The fourth-order valence-corrected chi connectivity index (χ4v) is 1.38. The second-order valence-corrected chi connectivity index (χ2v) is 3.61. The molecule has 0 saturated carbocycles. The Morgan fingerprint density at radius 2 is 2.39 bits per heavy atom. The van der Waals surface area contributed by atoms with Crippen LogP contribution < -0.4 is 5.32 Å². The maximum atomic E-state index is 11.7. The lowest BCUT2D eigenvalue weighted by molar-refractivity contribution is 0.0945. The minimum absolute atomic E-state index is 0.000732. The van der Waals surface area contributed by atoms with Crippen LogP contribution in [-0.2, 0) is 6.42 Å². The maximum Gasteiger partial charge on any atom is 0.273 e. The number of carbonyl (C=O) groups is 1. The Morgan fingerprint density at radius 1 is 1.56 bits per heavy atom. The van der Waals surface area contributed by atoms with Gasteiger partial charge in [-0.3, -0.25) is 4.79 Å². The van der Waals surface area contributed by atoms with Gasteiger partial charge in [0.25, 0.3) is 5.91 Å². The van der Waals surface area contributed by atoms with E-state index in [1.54, 1.807) is 13.0 Å². The molecule has 2 heterocycles. The van der Waals surface area contributed by atoms with Crippen LogP contribution in [0.15, 0.2) is 22.9 Å². The number of rotatable bonds is 4. The van der Waals surface area contributed by atoms with E-state index in [-0.39, 0.29) is 11.4 Å². The van der Waals surface area contributed by atoms with Gasteiger partial charge in [-0.2, -0.15) is 4.98 Å². The Balaban J connectivity index is 1.87. The minimum Gasteiger partial charge on any atom is -0.505 e. The molecular formula is C11H12N4O3. The van der Waals surface area contributed by atoms with Gasteiger partial charge in [0, 0.05) is 19.2 Å². The summed E-state index contributed by atoms with van der Waals surface area (Å²) in [5.74, 6) is 0.421. The average molecular weight is 248 g/mol. The first-order valence-corrected chi connectivity index (χ1v) is 5.38. The third-order valence-corrected chi connectivity index (χ3v) is 2.20. The van der Waals surface area contributed by atoms with Crippen LogP contribution in [0, 0.1) is 6.92 Å². The smallest absolute Gasteiger partial charge is 0.273 e. The zero-order valence-electron chi connectivity index (χ0n) is 9.75. The summed E-state index contributed by atoms with van der Waals surface area (Å²) >= 11 is 0. The van der Waals surface area contributed by atoms with Crippen molar-refractivity contribution < 1.29 is 14.4 Å². The first-order chi connectivity index (χ1) is 8.66. The molecule has 0 atom stereocenters. The standard InChI is InChI=1S/C11H12N4O3/c1-7-14-9(18-15-7)4-6-13-11(17)10-8(16)3-2-5-12-10/h2-3,5,16H,4,6H2,1H3,(H,13,17). The Hall–Kier alpha value is -2.44. The molecule has 0 unspecified atom stereocenters. The molecule has 0 aliphatic rings. The van der Waals surface area contributed by atoms with Crippen molar-refractivity contribution in [1.29, 1.82) is 0 Å². The van der Waals surface area contributed by atoms with Crippen molar-refractivity contribution in [2.24, 2.45) is 0 Å². The summed E-state index contributed by atoms with van der Waals surface area (Å²) in [6.45, 7) is 2.05. The third kappa shape index (κ3) is 2.82. The van der Waals surface area contributed by atoms with Crippen LogP contribution in [0.5, 0.6) is 5.75 Å². The topological polar surface area (TPSA) is 101 Å². The van der Waals surface area contributed by atoms with Gasteiger partial charge in [0.2, 0.25) is 5.89 Å². The van der Waals surface area contributed by atoms with E-state index in [9.17, 15) is 9.90 Å². The number of amides is 1. The second kappa shape index (κ2) is 5.26. The van der Waals surface area contributed by atoms with Crippen molar-refractivity contribution in [3.8, 4) is 5.75 Å². The number of hydrogen-bond acceptors (Lipinski definition) is 6. The molecule has 0 spiro atoms. The number of aromatic nitrogens is 3. The van der Waals surface area contributed by atoms with E-state index in [4.69, 9.17) is 4.52 Å². The van der Waals surface area contributed by atoms with Crippen LogP contribution >= 0.6 is 0 Å². The van der Waals surface area contributed by atoms with E-state index in [0.29, 0.717) is 24.7 Å². The SMILES string of the molecule is Cc1noc(CCNC(=O)c2ncccc2O)n1. The fourth-order valence-electron chi connectivity index (χ4n) is 1.38. The van der Waals surface area contributed by atoms with Crippen molar-refractivity contribution in [2.45, 2.75) is 13.3 Å². The molecule has 1 amide bonds. The summed E-state index contributed by atoms with van der Waals surface area (Å²) in [5, 5.41) is 15.7. The molecular weight excluding hydrogens is 236 g/mol. The maximum absolute atomic E-state index is 11.7. The lowest BCUT2D eigenvalue weighted by Gasteiger charge is -2.03. The molecule has 0 aliphatic carbocycles. The van der Waals surface area contributed by atoms with E-state index in [0.717, 1.165) is 0 Å². The van der Waals surface area contributed by atoms with Gasteiger partial charge < -0.3 is 14.9 Å². The van der Waals surface area contributed by atoms with E-state index >= 15 is 0 Å². The van der Waals surface area contributed by atoms with Crippen molar-refractivity contribution in [3.63, 3.8) is 0 Å². The summed E-state index contributed by atoms with van der Waals surface area (Å²) in [5.41, 5.74) is -0.000732. The summed E-state index contributed by atoms with van der Waals surface area (Å²) in [6, 6.07) is 2.95. The second-order valence-electron chi connectivity index (χ2n) is 3.61. The molecule has 0 saturated heterocycles. The number of aromatic hydroxyl groups is 1. The quantitative estimate of drug-likeness (QED) is 0.814. The van der Waals surface area contributed by atoms with Crippen molar-refractivity contribution in [3.05, 3.63) is 35.7 Å². The molecule has 94 valence electrons. The Bertz CT molecular complexity index is 553. The van der Waals surface area contributed by atoms with Crippen LogP contribution in [0.25, 0.3) is 0 Å². The minimum atomic E-state index is -0.440. The van der Waals surface area contributed by atoms with E-state index in [1.807, 2.05) is 0 Å². The molecule has 2 aromatic heterocycles. The summed E-state index contributed by atoms with van der Waals surface area (Å²) < 4.78 is 4.90. The van der Waals surface area contributed by atoms with Gasteiger partial charge in [-0.25, -0.2) is 4.98 Å². The van der Waals surface area contributed by atoms with E-state index in [2.05, 4.69) is 20.4 Å². The number of pyridine rings is 1. The number of nitrogens with one attached hydrogen (secondary N) is 1. The fraction of sp³-hybridized carbons (Fsp3) is 0.273. The molecule has 0 aromatic carbocycles. The molecule has 2 rings (SSSR count). The van der Waals surface area contributed by atoms with Gasteiger partial charge in [0.1, 0.15) is 5.75 Å². The van der Waals surface area contributed by atoms with E-state index < -0.39 is 5.91 Å². The molecule has 7 nitrogen and oxygen atoms in total. The molecule has 0 fully saturated rings. The molecule has 2 aromatic rings. The van der Waals surface area contributed by atoms with Crippen LogP contribution in [0.1, 0.15) is 22.2 Å². The largest absolute Gasteiger partial charge is 0.505 e. The zero-order chi connectivity index (χ0) is 13.0. The summed E-state index contributed by atoms with van der Waals surface area (Å²) in [7, 11) is 0. The summed E-state index contributed by atoms with van der Waals surface area (Å²) in [4.78, 5) is 19.5. The first-order valence-electron chi connectivity index (χ1n) is 5.38. The van der Waals surface area contributed by atoms with Crippen LogP contribution in [0.4, 0.5) is 0 Å². The molecule has 2 N–H and O–H groups in total. The Labute approximate surface area is 103 Å². The highest BCUT2D eigenvalue weighted by atomic mass is 16.5. The third-order valence-electron chi connectivity index (χ3n) is 2.20. The van der Waals surface area contributed by atoms with E-state index in [1.165, 1.54) is 12.3 Å². The first kappa shape index (κ1) is 12.0. The monoisotopic (exact) mass is 248 g/mol. The highest BCUT2D eigenvalue weighted by Gasteiger charge is 2.11. The molecule has 0 aliphatic heterocycles. The number of carbonyl (C=O) groups excluding carboxylic acids is 1. The Kier molecular flexibility index (Phi) is 3.52. The predicted octanol–water partition coefficient (Wildman–Crippen LogP) is 0.451. The lowest BCUT2D eigenvalue weighted by Crippen LogP contribution is -2.26. The normalized spacial score (nSPS) is 10.3. The highest BCUT2D eigenvalue weighted by Crippen LogP contribution is 2.11. The number of aryl methyl sites for hydroxylation is 1. The number of nitrogens with zero attached hydrogens (tertiary/aromatic N) is 3. The molecule has 7 heteroatoms. The lowest BCUT2D eigenvalue weighted by atomic mass is 10.3. The number of hydrogen-bond donors (Lipinski definition) is 2. The molecule has 0 radical (unpaired) electrons. The predicted molar refractivity (Wildman–Crippen MR) is 61.0 cm³/mol. The van der Waals surface area contributed by atoms with Crippen molar-refractivity contribution in [1.82, 2.24) is 20.4 Å². The Morgan fingerprint density at radius 3 is 3.06 bits per heavy atom. The zero-order valence-corrected chi connectivity index (χ0v) is 9.75. The highest BCUT2D eigenvalue weighted by molar-refractivity contribution is 5.94. The molecule has 0 bridgehead atoms. The van der Waals surface area contributed by atoms with Gasteiger partial charge in [-0.05, 0) is 19.1 Å². The van der Waals surface area contributed by atoms with Crippen molar-refractivity contribution >= 4 is 5.91 Å². The van der Waals surface area contributed by atoms with Crippen LogP contribution in [0.2, 0.25) is 0 Å². The van der Waals surface area contributed by atoms with Crippen molar-refractivity contribution in [2.75, 3.05) is 6.54 Å². The van der Waals surface area contributed by atoms with Gasteiger partial charge in [-0.1, -0.05) is 5.16 Å². The average Bonchev–Trinajstić information content (AvgIpc) is 2.75. The van der Waals surface area contributed by atoms with Gasteiger partial charge in [-0.15, -0.1) is 0 Å². The molecule has 18 heavy (non-hydrogen) atoms. The summed E-state index contributed by atoms with van der Waals surface area (Å²) in [6.07, 6.45) is 1.87.